The number of hydrogen-bond acceptors (Lipinski definition) is 5. The maximum Gasteiger partial charge on any atom is 0.233 e. The highest BCUT2D eigenvalue weighted by Crippen LogP contribution is 2.28. The summed E-state index contributed by atoms with van der Waals surface area (Å²) < 4.78 is 10.6. The number of hydrogen-bond donors (Lipinski definition) is 2. The second kappa shape index (κ2) is 10.8. The highest BCUT2D eigenvalue weighted by Gasteiger charge is 2.16. The number of nitrogens with one attached hydrogen (secondary N) is 2. The van der Waals surface area contributed by atoms with E-state index in [-0.39, 0.29) is 18.5 Å². The molecule has 0 radical (unpaired) electrons. The molecule has 2 aromatic carbocycles. The van der Waals surface area contributed by atoms with Crippen LogP contribution in [0.2, 0.25) is 0 Å². The van der Waals surface area contributed by atoms with Crippen LogP contribution in [-0.2, 0) is 11.2 Å². The first kappa shape index (κ1) is 21.9. The molecule has 1 aromatic heterocycles. The Morgan fingerprint density at radius 1 is 1.03 bits per heavy atom. The SMILES string of the molecule is COc1ccc(CCNC(=O)CN[C@H](c2ccc(C)cc2)c2cccs2)cc1OC. The number of thiophene rings is 1. The molecule has 158 valence electrons. The molecule has 0 aliphatic rings. The van der Waals surface area contributed by atoms with Gasteiger partial charge in [-0.15, -0.1) is 11.3 Å². The lowest BCUT2D eigenvalue weighted by atomic mass is 10.0. The minimum atomic E-state index is -0.0239. The van der Waals surface area contributed by atoms with Gasteiger partial charge in [-0.1, -0.05) is 42.0 Å². The molecule has 0 aliphatic heterocycles. The Morgan fingerprint density at radius 3 is 2.47 bits per heavy atom. The molecule has 6 heteroatoms. The molecule has 5 nitrogen and oxygen atoms in total. The van der Waals surface area contributed by atoms with Gasteiger partial charge in [0.15, 0.2) is 11.5 Å². The highest BCUT2D eigenvalue weighted by atomic mass is 32.1. The summed E-state index contributed by atoms with van der Waals surface area (Å²) in [5.74, 6) is 1.37. The van der Waals surface area contributed by atoms with Crippen molar-refractivity contribution in [2.45, 2.75) is 19.4 Å². The second-order valence-electron chi connectivity index (χ2n) is 7.03. The van der Waals surface area contributed by atoms with Crippen LogP contribution in [0.5, 0.6) is 11.5 Å². The quantitative estimate of drug-likeness (QED) is 0.514. The van der Waals surface area contributed by atoms with E-state index in [9.17, 15) is 4.79 Å². The number of methoxy groups -OCH3 is 2. The fourth-order valence-electron chi connectivity index (χ4n) is 3.24. The number of ether oxygens (including phenoxy) is 2. The van der Waals surface area contributed by atoms with E-state index in [1.165, 1.54) is 10.4 Å². The van der Waals surface area contributed by atoms with E-state index in [2.05, 4.69) is 53.3 Å². The van der Waals surface area contributed by atoms with Crippen molar-refractivity contribution in [2.75, 3.05) is 27.3 Å². The summed E-state index contributed by atoms with van der Waals surface area (Å²) >= 11 is 1.69. The smallest absolute Gasteiger partial charge is 0.233 e. The molecular formula is C24H28N2O3S. The van der Waals surface area contributed by atoms with Crippen molar-refractivity contribution in [3.63, 3.8) is 0 Å². The van der Waals surface area contributed by atoms with Crippen molar-refractivity contribution < 1.29 is 14.3 Å². The number of carbonyl (C=O) groups excluding carboxylic acids is 1. The van der Waals surface area contributed by atoms with Crippen molar-refractivity contribution in [1.82, 2.24) is 10.6 Å². The van der Waals surface area contributed by atoms with E-state index < -0.39 is 0 Å². The van der Waals surface area contributed by atoms with Gasteiger partial charge in [0, 0.05) is 11.4 Å². The number of benzene rings is 2. The molecule has 1 heterocycles. The molecule has 1 atom stereocenters. The molecule has 0 spiro atoms. The zero-order valence-corrected chi connectivity index (χ0v) is 18.4. The maximum absolute atomic E-state index is 12.4. The Hall–Kier alpha value is -2.83. The zero-order chi connectivity index (χ0) is 21.3. The Balaban J connectivity index is 1.53. The maximum atomic E-state index is 12.4. The monoisotopic (exact) mass is 424 g/mol. The third-order valence-corrected chi connectivity index (χ3v) is 5.83. The number of amides is 1. The van der Waals surface area contributed by atoms with E-state index >= 15 is 0 Å². The van der Waals surface area contributed by atoms with Gasteiger partial charge in [0.25, 0.3) is 0 Å². The summed E-state index contributed by atoms with van der Waals surface area (Å²) in [5.41, 5.74) is 3.45. The lowest BCUT2D eigenvalue weighted by molar-refractivity contribution is -0.120. The third kappa shape index (κ3) is 5.84. The third-order valence-electron chi connectivity index (χ3n) is 4.89. The summed E-state index contributed by atoms with van der Waals surface area (Å²) in [4.78, 5) is 13.6. The molecule has 1 amide bonds. The van der Waals surface area contributed by atoms with Gasteiger partial charge in [0.2, 0.25) is 5.91 Å². The van der Waals surface area contributed by atoms with Gasteiger partial charge in [-0.2, -0.15) is 0 Å². The lowest BCUT2D eigenvalue weighted by Gasteiger charge is -2.18. The number of aryl methyl sites for hydroxylation is 1. The van der Waals surface area contributed by atoms with Crippen LogP contribution in [0.15, 0.2) is 60.0 Å². The van der Waals surface area contributed by atoms with E-state index in [0.29, 0.717) is 18.0 Å². The summed E-state index contributed by atoms with van der Waals surface area (Å²) in [6, 6.07) is 18.4. The summed E-state index contributed by atoms with van der Waals surface area (Å²) in [7, 11) is 3.23. The fraction of sp³-hybridized carbons (Fsp3) is 0.292. The van der Waals surface area contributed by atoms with Gasteiger partial charge in [-0.25, -0.2) is 0 Å². The van der Waals surface area contributed by atoms with E-state index in [4.69, 9.17) is 9.47 Å². The molecule has 3 aromatic rings. The van der Waals surface area contributed by atoms with Gasteiger partial charge >= 0.3 is 0 Å². The second-order valence-corrected chi connectivity index (χ2v) is 8.01. The van der Waals surface area contributed by atoms with Gasteiger partial charge in [-0.3, -0.25) is 10.1 Å². The molecule has 3 rings (SSSR count). The van der Waals surface area contributed by atoms with Gasteiger partial charge in [0.05, 0.1) is 26.8 Å². The van der Waals surface area contributed by atoms with Crippen molar-refractivity contribution >= 4 is 17.2 Å². The van der Waals surface area contributed by atoms with Crippen LogP contribution in [0.4, 0.5) is 0 Å². The Kier molecular flexibility index (Phi) is 7.88. The van der Waals surface area contributed by atoms with Crippen LogP contribution in [-0.4, -0.2) is 33.2 Å². The average molecular weight is 425 g/mol. The number of rotatable bonds is 10. The minimum Gasteiger partial charge on any atom is -0.493 e. The summed E-state index contributed by atoms with van der Waals surface area (Å²) in [5, 5.41) is 8.45. The zero-order valence-electron chi connectivity index (χ0n) is 17.6. The highest BCUT2D eigenvalue weighted by molar-refractivity contribution is 7.10. The van der Waals surface area contributed by atoms with Crippen LogP contribution in [0.1, 0.15) is 27.6 Å². The van der Waals surface area contributed by atoms with E-state index in [1.807, 2.05) is 24.3 Å². The molecule has 0 unspecified atom stereocenters. The van der Waals surface area contributed by atoms with Gasteiger partial charge in [0.1, 0.15) is 0 Å². The topological polar surface area (TPSA) is 59.6 Å². The minimum absolute atomic E-state index is 0.00204. The van der Waals surface area contributed by atoms with Crippen LogP contribution >= 0.6 is 11.3 Å². The molecule has 0 saturated carbocycles. The molecule has 0 aliphatic carbocycles. The Bertz CT molecular complexity index is 940. The van der Waals surface area contributed by atoms with Crippen molar-refractivity contribution in [1.29, 1.82) is 0 Å². The first-order valence-corrected chi connectivity index (χ1v) is 10.8. The first-order valence-electron chi connectivity index (χ1n) is 9.91. The molecular weight excluding hydrogens is 396 g/mol. The molecule has 2 N–H and O–H groups in total. The molecule has 0 fully saturated rings. The van der Waals surface area contributed by atoms with Crippen LogP contribution in [0, 0.1) is 6.92 Å². The van der Waals surface area contributed by atoms with E-state index in [0.717, 1.165) is 17.5 Å². The van der Waals surface area contributed by atoms with Gasteiger partial charge in [-0.05, 0) is 48.1 Å². The largest absolute Gasteiger partial charge is 0.493 e. The summed E-state index contributed by atoms with van der Waals surface area (Å²) in [6.45, 7) is 2.88. The molecule has 0 saturated heterocycles. The fourth-order valence-corrected chi connectivity index (χ4v) is 4.06. The van der Waals surface area contributed by atoms with Crippen LogP contribution in [0.3, 0.4) is 0 Å². The van der Waals surface area contributed by atoms with Crippen molar-refractivity contribution in [3.8, 4) is 11.5 Å². The standard InChI is InChI=1S/C24H28N2O3S/c1-17-6-9-19(10-7-17)24(22-5-4-14-30-22)26-16-23(27)25-13-12-18-8-11-20(28-2)21(15-18)29-3/h4-11,14-15,24,26H,12-13,16H2,1-3H3,(H,25,27)/t24-/m1/s1. The number of carbonyl (C=O) groups is 1. The predicted octanol–water partition coefficient (Wildman–Crippen LogP) is 4.11. The van der Waals surface area contributed by atoms with Crippen LogP contribution in [0.25, 0.3) is 0 Å². The van der Waals surface area contributed by atoms with Crippen molar-refractivity contribution in [3.05, 3.63) is 81.5 Å². The first-order chi connectivity index (χ1) is 14.6. The lowest BCUT2D eigenvalue weighted by Crippen LogP contribution is -2.36. The average Bonchev–Trinajstić information content (AvgIpc) is 3.29. The Labute approximate surface area is 182 Å². The van der Waals surface area contributed by atoms with E-state index in [1.54, 1.807) is 25.6 Å². The van der Waals surface area contributed by atoms with Crippen LogP contribution < -0.4 is 20.1 Å². The normalized spacial score (nSPS) is 11.7. The predicted molar refractivity (Wildman–Crippen MR) is 122 cm³/mol. The van der Waals surface area contributed by atoms with Crippen molar-refractivity contribution in [2.24, 2.45) is 0 Å². The summed E-state index contributed by atoms with van der Waals surface area (Å²) in [6.07, 6.45) is 0.721. The van der Waals surface area contributed by atoms with Gasteiger partial charge < -0.3 is 14.8 Å². The Morgan fingerprint density at radius 2 is 1.80 bits per heavy atom. The molecule has 0 bridgehead atoms. The molecule has 30 heavy (non-hydrogen) atoms.